The first kappa shape index (κ1) is 15.6. The highest BCUT2D eigenvalue weighted by atomic mass is 32.2. The number of carboxylic acid groups (broad SMARTS) is 1. The minimum absolute atomic E-state index is 0.00474. The zero-order valence-corrected chi connectivity index (χ0v) is 12.5. The van der Waals surface area contributed by atoms with Crippen LogP contribution < -0.4 is 5.32 Å². The van der Waals surface area contributed by atoms with E-state index in [1.807, 2.05) is 12.1 Å². The molecule has 0 bridgehead atoms. The molecule has 2 amide bonds. The zero-order valence-electron chi connectivity index (χ0n) is 11.7. The highest BCUT2D eigenvalue weighted by Crippen LogP contribution is 2.19. The second kappa shape index (κ2) is 7.87. The van der Waals surface area contributed by atoms with Gasteiger partial charge in [-0.1, -0.05) is 0 Å². The van der Waals surface area contributed by atoms with Crippen LogP contribution in [0.5, 0.6) is 0 Å². The molecule has 0 saturated carbocycles. The number of nitrogens with one attached hydrogen (secondary N) is 1. The number of carbonyl (C=O) groups is 2. The number of thioether (sulfide) groups is 1. The fourth-order valence-corrected chi connectivity index (χ4v) is 3.32. The van der Waals surface area contributed by atoms with Crippen molar-refractivity contribution in [2.24, 2.45) is 0 Å². The number of hydrogen-bond acceptors (Lipinski definition) is 4. The van der Waals surface area contributed by atoms with Crippen LogP contribution in [0.15, 0.2) is 24.5 Å². The molecule has 2 heterocycles. The van der Waals surface area contributed by atoms with Crippen molar-refractivity contribution in [3.63, 3.8) is 0 Å². The van der Waals surface area contributed by atoms with Crippen LogP contribution >= 0.6 is 11.8 Å². The smallest absolute Gasteiger partial charge is 0.317 e. The van der Waals surface area contributed by atoms with Crippen LogP contribution in [-0.2, 0) is 11.2 Å². The minimum Gasteiger partial charge on any atom is -0.481 e. The van der Waals surface area contributed by atoms with Gasteiger partial charge in [-0.3, -0.25) is 9.78 Å². The molecule has 0 spiro atoms. The lowest BCUT2D eigenvalue weighted by molar-refractivity contribution is -0.137. The zero-order chi connectivity index (χ0) is 15.1. The van der Waals surface area contributed by atoms with Gasteiger partial charge in [0, 0.05) is 37.0 Å². The number of carbonyl (C=O) groups excluding carboxylic acids is 1. The Kier molecular flexibility index (Phi) is 5.86. The van der Waals surface area contributed by atoms with E-state index in [0.717, 1.165) is 17.7 Å². The highest BCUT2D eigenvalue weighted by molar-refractivity contribution is 7.99. The van der Waals surface area contributed by atoms with Crippen molar-refractivity contribution >= 4 is 23.8 Å². The average Bonchev–Trinajstić information content (AvgIpc) is 2.48. The third-order valence-electron chi connectivity index (χ3n) is 3.34. The largest absolute Gasteiger partial charge is 0.481 e. The van der Waals surface area contributed by atoms with Gasteiger partial charge in [0.05, 0.1) is 12.5 Å². The van der Waals surface area contributed by atoms with Crippen LogP contribution in [0.2, 0.25) is 0 Å². The first-order valence-corrected chi connectivity index (χ1v) is 8.05. The second-order valence-electron chi connectivity index (χ2n) is 4.86. The number of carboxylic acids is 1. The Morgan fingerprint density at radius 2 is 2.19 bits per heavy atom. The standard InChI is InChI=1S/C14H19N3O3S/c18-13(19)9-12-10-21-8-7-17(12)14(20)16-6-3-11-1-4-15-5-2-11/h1-2,4-5,12H,3,6-10H2,(H,16,20)(H,18,19). The molecular weight excluding hydrogens is 290 g/mol. The lowest BCUT2D eigenvalue weighted by atomic mass is 10.2. The van der Waals surface area contributed by atoms with Gasteiger partial charge in [-0.25, -0.2) is 4.79 Å². The SMILES string of the molecule is O=C(O)CC1CSCCN1C(=O)NCCc1ccncc1. The Morgan fingerprint density at radius 1 is 1.43 bits per heavy atom. The molecule has 6 nitrogen and oxygen atoms in total. The van der Waals surface area contributed by atoms with Crippen molar-refractivity contribution in [2.45, 2.75) is 18.9 Å². The summed E-state index contributed by atoms with van der Waals surface area (Å²) >= 11 is 1.69. The first-order valence-electron chi connectivity index (χ1n) is 6.89. The molecule has 1 aliphatic rings. The van der Waals surface area contributed by atoms with Crippen LogP contribution in [-0.4, -0.2) is 57.6 Å². The van der Waals surface area contributed by atoms with Crippen LogP contribution in [0.1, 0.15) is 12.0 Å². The summed E-state index contributed by atoms with van der Waals surface area (Å²) in [7, 11) is 0. The summed E-state index contributed by atoms with van der Waals surface area (Å²) in [5, 5.41) is 11.8. The molecule has 0 radical (unpaired) electrons. The van der Waals surface area contributed by atoms with Crippen LogP contribution in [0.25, 0.3) is 0 Å². The second-order valence-corrected chi connectivity index (χ2v) is 6.01. The lowest BCUT2D eigenvalue weighted by Crippen LogP contribution is -2.51. The number of nitrogens with zero attached hydrogens (tertiary/aromatic N) is 2. The van der Waals surface area contributed by atoms with Gasteiger partial charge in [0.2, 0.25) is 0 Å². The first-order chi connectivity index (χ1) is 10.2. The Morgan fingerprint density at radius 3 is 2.90 bits per heavy atom. The Hall–Kier alpha value is -1.76. The van der Waals surface area contributed by atoms with Crippen molar-refractivity contribution in [3.05, 3.63) is 30.1 Å². The van der Waals surface area contributed by atoms with E-state index in [9.17, 15) is 9.59 Å². The average molecular weight is 309 g/mol. The molecule has 1 saturated heterocycles. The number of urea groups is 1. The maximum Gasteiger partial charge on any atom is 0.317 e. The van der Waals surface area contributed by atoms with Crippen LogP contribution in [0.3, 0.4) is 0 Å². The molecule has 0 aromatic carbocycles. The molecule has 1 fully saturated rings. The summed E-state index contributed by atoms with van der Waals surface area (Å²) in [6, 6.07) is 3.44. The Labute approximate surface area is 127 Å². The maximum atomic E-state index is 12.2. The van der Waals surface area contributed by atoms with Gasteiger partial charge in [-0.2, -0.15) is 11.8 Å². The summed E-state index contributed by atoms with van der Waals surface area (Å²) < 4.78 is 0. The van der Waals surface area contributed by atoms with Crippen molar-refractivity contribution in [1.29, 1.82) is 0 Å². The predicted molar refractivity (Wildman–Crippen MR) is 81.4 cm³/mol. The number of rotatable bonds is 5. The van der Waals surface area contributed by atoms with Gasteiger partial charge < -0.3 is 15.3 Å². The number of aliphatic carboxylic acids is 1. The fourth-order valence-electron chi connectivity index (χ4n) is 2.26. The number of amides is 2. The van der Waals surface area contributed by atoms with E-state index in [1.54, 1.807) is 29.1 Å². The number of pyridine rings is 1. The molecule has 2 rings (SSSR count). The summed E-state index contributed by atoms with van der Waals surface area (Å²) in [6.45, 7) is 1.13. The summed E-state index contributed by atoms with van der Waals surface area (Å²) in [4.78, 5) is 28.6. The van der Waals surface area contributed by atoms with Crippen molar-refractivity contribution < 1.29 is 14.7 Å². The van der Waals surface area contributed by atoms with E-state index in [4.69, 9.17) is 5.11 Å². The molecule has 1 aromatic rings. The van der Waals surface area contributed by atoms with Gasteiger partial charge in [-0.05, 0) is 24.1 Å². The van der Waals surface area contributed by atoms with Crippen molar-refractivity contribution in [3.8, 4) is 0 Å². The van der Waals surface area contributed by atoms with Crippen LogP contribution in [0, 0.1) is 0 Å². The molecule has 0 aliphatic carbocycles. The van der Waals surface area contributed by atoms with Crippen molar-refractivity contribution in [2.75, 3.05) is 24.6 Å². The lowest BCUT2D eigenvalue weighted by Gasteiger charge is -2.34. The summed E-state index contributed by atoms with van der Waals surface area (Å²) in [5.74, 6) is 0.676. The van der Waals surface area contributed by atoms with Crippen molar-refractivity contribution in [1.82, 2.24) is 15.2 Å². The fraction of sp³-hybridized carbons (Fsp3) is 0.500. The molecule has 1 unspecified atom stereocenters. The third kappa shape index (κ3) is 4.93. The van der Waals surface area contributed by atoms with Gasteiger partial charge in [-0.15, -0.1) is 0 Å². The van der Waals surface area contributed by atoms with E-state index in [2.05, 4.69) is 10.3 Å². The van der Waals surface area contributed by atoms with Gasteiger partial charge >= 0.3 is 12.0 Å². The molecule has 1 aliphatic heterocycles. The molecule has 1 atom stereocenters. The van der Waals surface area contributed by atoms with E-state index in [0.29, 0.717) is 18.8 Å². The van der Waals surface area contributed by atoms with Crippen LogP contribution in [0.4, 0.5) is 4.79 Å². The monoisotopic (exact) mass is 309 g/mol. The summed E-state index contributed by atoms with van der Waals surface area (Å²) in [6.07, 6.45) is 4.19. The third-order valence-corrected chi connectivity index (χ3v) is 4.43. The van der Waals surface area contributed by atoms with E-state index in [1.165, 1.54) is 0 Å². The molecule has 114 valence electrons. The number of aromatic nitrogens is 1. The van der Waals surface area contributed by atoms with Gasteiger partial charge in [0.15, 0.2) is 0 Å². The highest BCUT2D eigenvalue weighted by Gasteiger charge is 2.28. The topological polar surface area (TPSA) is 82.5 Å². The molecule has 1 aromatic heterocycles. The Bertz CT molecular complexity index is 484. The molecule has 2 N–H and O–H groups in total. The Balaban J connectivity index is 1.81. The quantitative estimate of drug-likeness (QED) is 0.855. The molecule has 7 heteroatoms. The maximum absolute atomic E-state index is 12.2. The van der Waals surface area contributed by atoms with E-state index < -0.39 is 5.97 Å². The normalized spacial score (nSPS) is 18.3. The summed E-state index contributed by atoms with van der Waals surface area (Å²) in [5.41, 5.74) is 1.11. The molecular formula is C14H19N3O3S. The van der Waals surface area contributed by atoms with E-state index in [-0.39, 0.29) is 18.5 Å². The minimum atomic E-state index is -0.864. The van der Waals surface area contributed by atoms with Gasteiger partial charge in [0.1, 0.15) is 0 Å². The van der Waals surface area contributed by atoms with E-state index >= 15 is 0 Å². The van der Waals surface area contributed by atoms with Gasteiger partial charge in [0.25, 0.3) is 0 Å². The molecule has 21 heavy (non-hydrogen) atoms. The number of hydrogen-bond donors (Lipinski definition) is 2. The predicted octanol–water partition coefficient (Wildman–Crippen LogP) is 1.23.